The van der Waals surface area contributed by atoms with Gasteiger partial charge >= 0.3 is 0 Å². The van der Waals surface area contributed by atoms with Crippen LogP contribution in [0.3, 0.4) is 0 Å². The van der Waals surface area contributed by atoms with Crippen LogP contribution in [0.5, 0.6) is 0 Å². The van der Waals surface area contributed by atoms with E-state index in [0.29, 0.717) is 0 Å². The molecule has 1 aromatic heterocycles. The van der Waals surface area contributed by atoms with Gasteiger partial charge in [-0.05, 0) is 33.0 Å². The van der Waals surface area contributed by atoms with Crippen LogP contribution in [0, 0.1) is 0 Å². The van der Waals surface area contributed by atoms with Crippen LogP contribution in [0.25, 0.3) is 21.0 Å². The van der Waals surface area contributed by atoms with Gasteiger partial charge in [0.1, 0.15) is 0 Å². The number of hydrogen-bond acceptors (Lipinski definition) is 0. The van der Waals surface area contributed by atoms with Crippen LogP contribution in [0.1, 0.15) is 12.5 Å². The molecule has 0 fully saturated rings. The van der Waals surface area contributed by atoms with Crippen molar-refractivity contribution in [2.24, 2.45) is 0 Å². The minimum absolute atomic E-state index is 0.850. The fourth-order valence-electron chi connectivity index (χ4n) is 2.27. The molecule has 0 saturated heterocycles. The van der Waals surface area contributed by atoms with Gasteiger partial charge in [0.2, 0.25) is 0 Å². The summed E-state index contributed by atoms with van der Waals surface area (Å²) in [6.45, 7) is 2.24. The zero-order chi connectivity index (χ0) is 10.3. The third-order valence-corrected chi connectivity index (χ3v) is 4.39. The maximum Gasteiger partial charge on any atom is -0.000327 e. The summed E-state index contributed by atoms with van der Waals surface area (Å²) in [5.41, 5.74) is 1.49. The molecule has 0 nitrogen and oxygen atoms in total. The molecule has 0 saturated carbocycles. The summed E-state index contributed by atoms with van der Waals surface area (Å²) < 4.78 is 0. The number of benzene rings is 2. The first-order chi connectivity index (χ1) is 7.40. The Morgan fingerprint density at radius 3 is 2.60 bits per heavy atom. The molecule has 0 radical (unpaired) electrons. The van der Waals surface area contributed by atoms with Crippen LogP contribution in [0.4, 0.5) is 0 Å². The average molecular weight is 212 g/mol. The quantitative estimate of drug-likeness (QED) is 0.553. The SMILES string of the molecule is CCc1cccc2[pH]c3ccccc3c12. The van der Waals surface area contributed by atoms with Gasteiger partial charge in [-0.2, -0.15) is 0 Å². The normalized spacial score (nSPS) is 11.8. The van der Waals surface area contributed by atoms with E-state index in [1.165, 1.54) is 26.6 Å². The van der Waals surface area contributed by atoms with Gasteiger partial charge in [-0.3, -0.25) is 0 Å². The zero-order valence-corrected chi connectivity index (χ0v) is 9.75. The standard InChI is InChI=1S/C14H13P/c1-2-10-6-5-9-13-14(10)11-7-3-4-8-12(11)15-13/h3-9,15H,2H2,1H3. The Bertz CT molecular complexity index is 619. The van der Waals surface area contributed by atoms with Gasteiger partial charge in [-0.1, -0.05) is 49.4 Å². The van der Waals surface area contributed by atoms with Crippen molar-refractivity contribution in [3.63, 3.8) is 0 Å². The van der Waals surface area contributed by atoms with Crippen LogP contribution < -0.4 is 0 Å². The Morgan fingerprint density at radius 1 is 0.933 bits per heavy atom. The van der Waals surface area contributed by atoms with E-state index in [4.69, 9.17) is 0 Å². The smallest absolute Gasteiger partial charge is 0.000327 e. The van der Waals surface area contributed by atoms with Gasteiger partial charge in [-0.15, -0.1) is 8.19 Å². The molecule has 3 rings (SSSR count). The van der Waals surface area contributed by atoms with Crippen molar-refractivity contribution in [3.05, 3.63) is 48.0 Å². The molecular weight excluding hydrogens is 199 g/mol. The predicted molar refractivity (Wildman–Crippen MR) is 70.3 cm³/mol. The maximum absolute atomic E-state index is 2.27. The predicted octanol–water partition coefficient (Wildman–Crippen LogP) is 4.59. The Hall–Kier alpha value is -1.26. The highest BCUT2D eigenvalue weighted by Crippen LogP contribution is 2.39. The Labute approximate surface area is 91.0 Å². The van der Waals surface area contributed by atoms with Gasteiger partial charge in [-0.25, -0.2) is 0 Å². The van der Waals surface area contributed by atoms with Crippen LogP contribution in [-0.4, -0.2) is 0 Å². The van der Waals surface area contributed by atoms with Crippen molar-refractivity contribution in [1.29, 1.82) is 0 Å². The second-order valence-electron chi connectivity index (χ2n) is 3.86. The number of fused-ring (bicyclic) bond motifs is 3. The van der Waals surface area contributed by atoms with Crippen LogP contribution in [-0.2, 0) is 6.42 Å². The van der Waals surface area contributed by atoms with Crippen molar-refractivity contribution >= 4 is 29.2 Å². The molecule has 1 heterocycles. The van der Waals surface area contributed by atoms with Crippen molar-refractivity contribution in [1.82, 2.24) is 0 Å². The summed E-state index contributed by atoms with van der Waals surface area (Å²) in [6, 6.07) is 15.5. The molecule has 2 aromatic carbocycles. The second kappa shape index (κ2) is 3.40. The molecule has 1 atom stereocenters. The molecule has 0 aliphatic heterocycles. The van der Waals surface area contributed by atoms with E-state index in [2.05, 4.69) is 49.4 Å². The molecule has 0 aliphatic carbocycles. The highest BCUT2D eigenvalue weighted by atomic mass is 31.0. The lowest BCUT2D eigenvalue weighted by Gasteiger charge is -1.99. The van der Waals surface area contributed by atoms with E-state index in [0.717, 1.165) is 14.6 Å². The fourth-order valence-corrected chi connectivity index (χ4v) is 3.68. The van der Waals surface area contributed by atoms with E-state index in [-0.39, 0.29) is 0 Å². The highest BCUT2D eigenvalue weighted by Gasteiger charge is 2.05. The number of hydrogen-bond donors (Lipinski definition) is 0. The minimum atomic E-state index is 0.850. The van der Waals surface area contributed by atoms with Gasteiger partial charge in [0.05, 0.1) is 0 Å². The maximum atomic E-state index is 2.27. The van der Waals surface area contributed by atoms with E-state index in [1.54, 1.807) is 0 Å². The van der Waals surface area contributed by atoms with Crippen molar-refractivity contribution < 1.29 is 0 Å². The summed E-state index contributed by atoms with van der Waals surface area (Å²) in [7, 11) is 0.850. The summed E-state index contributed by atoms with van der Waals surface area (Å²) >= 11 is 0. The monoisotopic (exact) mass is 212 g/mol. The Kier molecular flexibility index (Phi) is 2.04. The lowest BCUT2D eigenvalue weighted by molar-refractivity contribution is 1.16. The summed E-state index contributed by atoms with van der Waals surface area (Å²) in [5, 5.41) is 6.00. The molecule has 0 bridgehead atoms. The summed E-state index contributed by atoms with van der Waals surface area (Å²) in [4.78, 5) is 0. The molecule has 15 heavy (non-hydrogen) atoms. The van der Waals surface area contributed by atoms with Crippen LogP contribution in [0.15, 0.2) is 42.5 Å². The van der Waals surface area contributed by atoms with E-state index in [9.17, 15) is 0 Å². The lowest BCUT2D eigenvalue weighted by atomic mass is 10.0. The van der Waals surface area contributed by atoms with Gasteiger partial charge in [0.15, 0.2) is 0 Å². The molecule has 3 aromatic rings. The van der Waals surface area contributed by atoms with Crippen molar-refractivity contribution in [3.8, 4) is 0 Å². The molecular formula is C14H13P. The number of aryl methyl sites for hydroxylation is 1. The largest absolute Gasteiger partial charge is 0.123 e. The lowest BCUT2D eigenvalue weighted by Crippen LogP contribution is -1.79. The fraction of sp³-hybridized carbons (Fsp3) is 0.143. The van der Waals surface area contributed by atoms with Gasteiger partial charge in [0, 0.05) is 0 Å². The molecule has 0 spiro atoms. The molecule has 74 valence electrons. The summed E-state index contributed by atoms with van der Waals surface area (Å²) in [5.74, 6) is 0. The first-order valence-electron chi connectivity index (χ1n) is 5.38. The third-order valence-electron chi connectivity index (χ3n) is 3.00. The van der Waals surface area contributed by atoms with Gasteiger partial charge < -0.3 is 0 Å². The Morgan fingerprint density at radius 2 is 1.73 bits per heavy atom. The topological polar surface area (TPSA) is 0 Å². The average Bonchev–Trinajstić information content (AvgIpc) is 2.67. The van der Waals surface area contributed by atoms with Crippen LogP contribution >= 0.6 is 8.19 Å². The van der Waals surface area contributed by atoms with E-state index >= 15 is 0 Å². The Balaban J connectivity index is 2.56. The molecule has 0 amide bonds. The number of rotatable bonds is 1. The molecule has 1 unspecified atom stereocenters. The zero-order valence-electron chi connectivity index (χ0n) is 8.75. The molecule has 1 heteroatoms. The first kappa shape index (κ1) is 9.00. The van der Waals surface area contributed by atoms with E-state index < -0.39 is 0 Å². The highest BCUT2D eigenvalue weighted by molar-refractivity contribution is 7.43. The second-order valence-corrected chi connectivity index (χ2v) is 5.19. The minimum Gasteiger partial charge on any atom is -0.123 e. The first-order valence-corrected chi connectivity index (χ1v) is 6.38. The van der Waals surface area contributed by atoms with Crippen molar-refractivity contribution in [2.45, 2.75) is 13.3 Å². The molecule has 0 N–H and O–H groups in total. The van der Waals surface area contributed by atoms with Gasteiger partial charge in [0.25, 0.3) is 0 Å². The third kappa shape index (κ3) is 1.29. The van der Waals surface area contributed by atoms with E-state index in [1.807, 2.05) is 0 Å². The van der Waals surface area contributed by atoms with Crippen molar-refractivity contribution in [2.75, 3.05) is 0 Å². The van der Waals surface area contributed by atoms with Crippen LogP contribution in [0.2, 0.25) is 0 Å². The summed E-state index contributed by atoms with van der Waals surface area (Å²) in [6.07, 6.45) is 1.13. The molecule has 0 aliphatic rings.